The molecule has 5 rings (SSSR count). The predicted molar refractivity (Wildman–Crippen MR) is 162 cm³/mol. The normalized spacial score (nSPS) is 13.4. The van der Waals surface area contributed by atoms with E-state index in [0.717, 1.165) is 43.9 Å². The Kier molecular flexibility index (Phi) is 9.26. The molecule has 0 atom stereocenters. The molecule has 0 bridgehead atoms. The number of ketones is 1. The summed E-state index contributed by atoms with van der Waals surface area (Å²) in [6, 6.07) is 18.0. The van der Waals surface area contributed by atoms with E-state index in [1.165, 1.54) is 5.69 Å². The second-order valence-corrected chi connectivity index (χ2v) is 10.9. The zero-order valence-corrected chi connectivity index (χ0v) is 24.1. The van der Waals surface area contributed by atoms with Crippen molar-refractivity contribution in [1.82, 2.24) is 30.2 Å². The van der Waals surface area contributed by atoms with Crippen LogP contribution in [0.5, 0.6) is 0 Å². The molecule has 3 aromatic heterocycles. The van der Waals surface area contributed by atoms with Crippen LogP contribution in [0.3, 0.4) is 0 Å². The smallest absolute Gasteiger partial charge is 0.180 e. The van der Waals surface area contributed by atoms with Crippen molar-refractivity contribution in [1.29, 1.82) is 0 Å². The fraction of sp³-hybridized carbons (Fsp3) is 0.375. The molecule has 0 saturated carbocycles. The zero-order chi connectivity index (χ0) is 28.6. The number of pyridine rings is 1. The van der Waals surface area contributed by atoms with Gasteiger partial charge in [0.15, 0.2) is 5.82 Å². The minimum Gasteiger partial charge on any atom is -0.369 e. The molecule has 4 aromatic rings. The molecule has 0 spiro atoms. The number of hydrogen-bond donors (Lipinski definition) is 2. The lowest BCUT2D eigenvalue weighted by Crippen LogP contribution is -2.43. The van der Waals surface area contributed by atoms with E-state index in [9.17, 15) is 4.79 Å². The van der Waals surface area contributed by atoms with Gasteiger partial charge < -0.3 is 15.5 Å². The van der Waals surface area contributed by atoms with Gasteiger partial charge in [-0.25, -0.2) is 24.9 Å². The molecule has 0 radical (unpaired) electrons. The van der Waals surface area contributed by atoms with Crippen molar-refractivity contribution < 1.29 is 4.79 Å². The summed E-state index contributed by atoms with van der Waals surface area (Å²) in [6.45, 7) is 10.3. The molecular formula is C32H38N8O. The first-order valence-electron chi connectivity index (χ1n) is 14.4. The van der Waals surface area contributed by atoms with Gasteiger partial charge in [0, 0.05) is 69.1 Å². The molecule has 41 heavy (non-hydrogen) atoms. The first-order valence-corrected chi connectivity index (χ1v) is 14.4. The molecule has 0 amide bonds. The average Bonchev–Trinajstić information content (AvgIpc) is 2.97. The van der Waals surface area contributed by atoms with Gasteiger partial charge in [0.05, 0.1) is 5.69 Å². The molecule has 0 aliphatic carbocycles. The summed E-state index contributed by atoms with van der Waals surface area (Å²) in [5.41, 5.74) is 4.59. The van der Waals surface area contributed by atoms with Crippen LogP contribution >= 0.6 is 0 Å². The predicted octanol–water partition coefficient (Wildman–Crippen LogP) is 4.93. The molecule has 1 aliphatic heterocycles. The largest absolute Gasteiger partial charge is 0.369 e. The van der Waals surface area contributed by atoms with E-state index in [4.69, 9.17) is 15.0 Å². The van der Waals surface area contributed by atoms with Gasteiger partial charge in [0.25, 0.3) is 0 Å². The molecule has 2 N–H and O–H groups in total. The van der Waals surface area contributed by atoms with Crippen LogP contribution in [-0.4, -0.2) is 56.9 Å². The molecule has 1 saturated heterocycles. The number of hydrogen-bond acceptors (Lipinski definition) is 9. The van der Waals surface area contributed by atoms with Crippen LogP contribution in [0.4, 0.5) is 17.3 Å². The monoisotopic (exact) mass is 550 g/mol. The molecule has 212 valence electrons. The fourth-order valence-corrected chi connectivity index (χ4v) is 4.79. The fourth-order valence-electron chi connectivity index (χ4n) is 4.79. The number of rotatable bonds is 11. The van der Waals surface area contributed by atoms with Crippen LogP contribution in [0.1, 0.15) is 49.5 Å². The van der Waals surface area contributed by atoms with Crippen LogP contribution in [0.25, 0.3) is 11.5 Å². The molecule has 4 heterocycles. The van der Waals surface area contributed by atoms with Crippen molar-refractivity contribution >= 4 is 23.1 Å². The molecule has 1 aromatic carbocycles. The van der Waals surface area contributed by atoms with Crippen molar-refractivity contribution in [3.8, 4) is 11.5 Å². The summed E-state index contributed by atoms with van der Waals surface area (Å²) < 4.78 is 0. The Morgan fingerprint density at radius 2 is 1.78 bits per heavy atom. The highest BCUT2D eigenvalue weighted by atomic mass is 16.1. The van der Waals surface area contributed by atoms with Gasteiger partial charge in [-0.1, -0.05) is 32.0 Å². The standard InChI is InChI=1S/C32H38N8O/c1-22(2)7-12-27(41)20-25-21-31(39-32(36-25)28-6-4-5-23(3)35-28)38-29-13-14-34-30(37-29)19-24-8-10-26(11-9-24)40-17-15-33-16-18-40/h4-6,8-11,13-14,21-22,33H,7,12,15-20H2,1-3H3,(H,34,36,37,38,39). The molecule has 9 heteroatoms. The van der Waals surface area contributed by atoms with E-state index >= 15 is 0 Å². The topological polar surface area (TPSA) is 109 Å². The molecule has 9 nitrogen and oxygen atoms in total. The van der Waals surface area contributed by atoms with Crippen LogP contribution < -0.4 is 15.5 Å². The van der Waals surface area contributed by atoms with Gasteiger partial charge in [-0.2, -0.15) is 0 Å². The highest BCUT2D eigenvalue weighted by Gasteiger charge is 2.14. The minimum atomic E-state index is 0.166. The van der Waals surface area contributed by atoms with E-state index in [1.807, 2.05) is 37.3 Å². The lowest BCUT2D eigenvalue weighted by molar-refractivity contribution is -0.118. The Hall–Kier alpha value is -4.24. The Morgan fingerprint density at radius 3 is 2.54 bits per heavy atom. The van der Waals surface area contributed by atoms with Gasteiger partial charge in [0.2, 0.25) is 0 Å². The number of carbonyl (C=O) groups excluding carboxylic acids is 1. The quantitative estimate of drug-likeness (QED) is 0.269. The summed E-state index contributed by atoms with van der Waals surface area (Å²) in [5, 5.41) is 6.71. The Balaban J connectivity index is 1.33. The van der Waals surface area contributed by atoms with E-state index in [2.05, 4.69) is 63.6 Å². The summed E-state index contributed by atoms with van der Waals surface area (Å²) >= 11 is 0. The summed E-state index contributed by atoms with van der Waals surface area (Å²) in [7, 11) is 0. The highest BCUT2D eigenvalue weighted by molar-refractivity contribution is 5.80. The molecule has 1 fully saturated rings. The number of benzene rings is 1. The van der Waals surface area contributed by atoms with Crippen molar-refractivity contribution in [2.45, 2.75) is 46.5 Å². The van der Waals surface area contributed by atoms with Crippen LogP contribution in [0.15, 0.2) is 60.8 Å². The maximum atomic E-state index is 12.7. The second kappa shape index (κ2) is 13.4. The van der Waals surface area contributed by atoms with E-state index in [0.29, 0.717) is 53.4 Å². The number of Topliss-reactive ketones (excluding diaryl/α,β-unsaturated/α-hetero) is 1. The number of nitrogens with one attached hydrogen (secondary N) is 2. The van der Waals surface area contributed by atoms with Crippen LogP contribution in [-0.2, 0) is 17.6 Å². The van der Waals surface area contributed by atoms with Gasteiger partial charge in [-0.15, -0.1) is 0 Å². The minimum absolute atomic E-state index is 0.166. The first-order chi connectivity index (χ1) is 19.9. The van der Waals surface area contributed by atoms with Gasteiger partial charge >= 0.3 is 0 Å². The van der Waals surface area contributed by atoms with Crippen LogP contribution in [0, 0.1) is 12.8 Å². The van der Waals surface area contributed by atoms with Crippen LogP contribution in [0.2, 0.25) is 0 Å². The maximum Gasteiger partial charge on any atom is 0.180 e. The first kappa shape index (κ1) is 28.3. The SMILES string of the molecule is Cc1cccc(-c2nc(CC(=O)CCC(C)C)cc(Nc3ccnc(Cc4ccc(N5CCNCC5)cc4)n3)n2)n1. The summed E-state index contributed by atoms with van der Waals surface area (Å²) in [5.74, 6) is 3.03. The number of nitrogens with zero attached hydrogens (tertiary/aromatic N) is 6. The van der Waals surface area contributed by atoms with E-state index < -0.39 is 0 Å². The Morgan fingerprint density at radius 1 is 0.976 bits per heavy atom. The van der Waals surface area contributed by atoms with Crippen molar-refractivity contribution in [2.75, 3.05) is 36.4 Å². The third-order valence-electron chi connectivity index (χ3n) is 7.02. The third-order valence-corrected chi connectivity index (χ3v) is 7.02. The summed E-state index contributed by atoms with van der Waals surface area (Å²) in [4.78, 5) is 38.4. The van der Waals surface area contributed by atoms with Crippen molar-refractivity contribution in [3.05, 3.63) is 83.6 Å². The lowest BCUT2D eigenvalue weighted by Gasteiger charge is -2.29. The molecular weight excluding hydrogens is 512 g/mol. The van der Waals surface area contributed by atoms with Gasteiger partial charge in [-0.3, -0.25) is 4.79 Å². The number of carbonyl (C=O) groups is 1. The third kappa shape index (κ3) is 8.14. The zero-order valence-electron chi connectivity index (χ0n) is 24.1. The summed E-state index contributed by atoms with van der Waals surface area (Å²) in [6.07, 6.45) is 4.02. The number of anilines is 3. The van der Waals surface area contributed by atoms with Gasteiger partial charge in [-0.05, 0) is 55.2 Å². The number of aryl methyl sites for hydroxylation is 1. The Bertz CT molecular complexity index is 1470. The highest BCUT2D eigenvalue weighted by Crippen LogP contribution is 2.21. The molecule has 0 unspecified atom stereocenters. The average molecular weight is 551 g/mol. The van der Waals surface area contributed by atoms with Crippen molar-refractivity contribution in [2.24, 2.45) is 5.92 Å². The Labute approximate surface area is 241 Å². The number of piperazine rings is 1. The van der Waals surface area contributed by atoms with Gasteiger partial charge in [0.1, 0.15) is 28.9 Å². The lowest BCUT2D eigenvalue weighted by atomic mass is 10.0. The maximum absolute atomic E-state index is 12.7. The van der Waals surface area contributed by atoms with E-state index in [1.54, 1.807) is 6.20 Å². The van der Waals surface area contributed by atoms with E-state index in [-0.39, 0.29) is 12.2 Å². The number of aromatic nitrogens is 5. The second-order valence-electron chi connectivity index (χ2n) is 10.9. The van der Waals surface area contributed by atoms with Crippen molar-refractivity contribution in [3.63, 3.8) is 0 Å². The molecule has 1 aliphatic rings.